The summed E-state index contributed by atoms with van der Waals surface area (Å²) in [5, 5.41) is 0. The third-order valence-corrected chi connectivity index (χ3v) is 9.76. The van der Waals surface area contributed by atoms with Crippen LogP contribution in [0.1, 0.15) is 22.3 Å². The van der Waals surface area contributed by atoms with E-state index in [0.29, 0.717) is 11.1 Å². The van der Waals surface area contributed by atoms with Gasteiger partial charge in [-0.25, -0.2) is 35.9 Å². The molecule has 2 N–H and O–H groups in total. The number of carbonyl (C=O) groups excluding carboxylic acids is 2. The number of ether oxygens (including phenoxy) is 2. The van der Waals surface area contributed by atoms with Crippen LogP contribution in [-0.4, -0.2) is 54.1 Å². The second kappa shape index (κ2) is 18.1. The minimum atomic E-state index is -3.78. The Labute approximate surface area is 281 Å². The van der Waals surface area contributed by atoms with Gasteiger partial charge in [0.1, 0.15) is 13.2 Å². The standard InChI is InChI=1S/C36H38N2O8S2/c39-35(45-25-33(23-29-13-5-1-6-14-29)37-47(41,42)27-31-17-9-3-10-18-31)21-22-36(40)46-26-34(24-30-15-7-2-8-16-30)38-48(43,44)28-32-19-11-4-12-20-32/h1-22,33-34,37-38H,23-28H2/b22-21+/t33-,34-/m0/s1. The van der Waals surface area contributed by atoms with Crippen LogP contribution in [0.15, 0.2) is 133 Å². The van der Waals surface area contributed by atoms with Crippen molar-refractivity contribution in [2.24, 2.45) is 0 Å². The van der Waals surface area contributed by atoms with Gasteiger partial charge < -0.3 is 9.47 Å². The molecule has 4 aromatic rings. The fraction of sp³-hybridized carbons (Fsp3) is 0.222. The number of hydrogen-bond donors (Lipinski definition) is 2. The zero-order valence-corrected chi connectivity index (χ0v) is 27.8. The molecule has 0 saturated carbocycles. The maximum Gasteiger partial charge on any atom is 0.331 e. The number of rotatable bonds is 18. The van der Waals surface area contributed by atoms with E-state index in [0.717, 1.165) is 23.3 Å². The molecule has 0 aliphatic carbocycles. The van der Waals surface area contributed by atoms with Crippen molar-refractivity contribution >= 4 is 32.0 Å². The van der Waals surface area contributed by atoms with E-state index < -0.39 is 44.1 Å². The third kappa shape index (κ3) is 13.6. The van der Waals surface area contributed by atoms with E-state index in [1.54, 1.807) is 60.7 Å². The van der Waals surface area contributed by atoms with Crippen LogP contribution in [-0.2, 0) is 63.5 Å². The van der Waals surface area contributed by atoms with Crippen LogP contribution in [0.25, 0.3) is 0 Å². The molecule has 4 aromatic carbocycles. The Bertz CT molecular complexity index is 1700. The number of sulfonamides is 2. The van der Waals surface area contributed by atoms with Crippen LogP contribution in [0.3, 0.4) is 0 Å². The zero-order chi connectivity index (χ0) is 34.2. The molecule has 0 fully saturated rings. The maximum absolute atomic E-state index is 12.9. The summed E-state index contributed by atoms with van der Waals surface area (Å²) in [7, 11) is -7.56. The van der Waals surface area contributed by atoms with Gasteiger partial charge in [-0.1, -0.05) is 121 Å². The van der Waals surface area contributed by atoms with Crippen LogP contribution < -0.4 is 9.44 Å². The molecule has 0 heterocycles. The van der Waals surface area contributed by atoms with Crippen molar-refractivity contribution in [1.29, 1.82) is 0 Å². The second-order valence-corrected chi connectivity index (χ2v) is 14.6. The van der Waals surface area contributed by atoms with Crippen LogP contribution in [0.5, 0.6) is 0 Å². The van der Waals surface area contributed by atoms with Crippen LogP contribution >= 0.6 is 0 Å². The van der Waals surface area contributed by atoms with Crippen molar-refractivity contribution in [3.05, 3.63) is 156 Å². The molecule has 0 unspecified atom stereocenters. The molecule has 0 bridgehead atoms. The highest BCUT2D eigenvalue weighted by Gasteiger charge is 2.22. The average molecular weight is 691 g/mol. The fourth-order valence-corrected chi connectivity index (χ4v) is 7.59. The lowest BCUT2D eigenvalue weighted by atomic mass is 10.1. The molecular weight excluding hydrogens is 653 g/mol. The molecule has 0 aliphatic heterocycles. The Morgan fingerprint density at radius 2 is 0.792 bits per heavy atom. The van der Waals surface area contributed by atoms with Gasteiger partial charge in [-0.05, 0) is 35.1 Å². The van der Waals surface area contributed by atoms with E-state index >= 15 is 0 Å². The Hall–Kier alpha value is -4.62. The third-order valence-electron chi connectivity index (χ3n) is 6.95. The molecule has 0 saturated heterocycles. The zero-order valence-electron chi connectivity index (χ0n) is 26.2. The molecule has 0 spiro atoms. The van der Waals surface area contributed by atoms with E-state index in [9.17, 15) is 26.4 Å². The van der Waals surface area contributed by atoms with E-state index in [4.69, 9.17) is 9.47 Å². The van der Waals surface area contributed by atoms with Crippen LogP contribution in [0, 0.1) is 0 Å². The second-order valence-electron chi connectivity index (χ2n) is 11.1. The van der Waals surface area contributed by atoms with Gasteiger partial charge in [0.05, 0.1) is 23.6 Å². The Morgan fingerprint density at radius 3 is 1.10 bits per heavy atom. The maximum atomic E-state index is 12.9. The molecule has 4 rings (SSSR count). The smallest absolute Gasteiger partial charge is 0.331 e. The number of nitrogens with one attached hydrogen (secondary N) is 2. The molecule has 0 radical (unpaired) electrons. The quantitative estimate of drug-likeness (QED) is 0.117. The van der Waals surface area contributed by atoms with Crippen molar-refractivity contribution in [1.82, 2.24) is 9.44 Å². The van der Waals surface area contributed by atoms with Crippen molar-refractivity contribution < 1.29 is 35.9 Å². The monoisotopic (exact) mass is 690 g/mol. The fourth-order valence-electron chi connectivity index (χ4n) is 4.84. The van der Waals surface area contributed by atoms with Gasteiger partial charge in [-0.15, -0.1) is 0 Å². The average Bonchev–Trinajstić information content (AvgIpc) is 3.06. The first-order valence-electron chi connectivity index (χ1n) is 15.2. The largest absolute Gasteiger partial charge is 0.461 e. The van der Waals surface area contributed by atoms with Gasteiger partial charge in [-0.3, -0.25) is 0 Å². The normalized spacial score (nSPS) is 13.1. The molecule has 2 atom stereocenters. The van der Waals surface area contributed by atoms with Crippen molar-refractivity contribution in [3.8, 4) is 0 Å². The number of esters is 2. The lowest BCUT2D eigenvalue weighted by Gasteiger charge is -2.19. The van der Waals surface area contributed by atoms with E-state index in [1.807, 2.05) is 60.7 Å². The summed E-state index contributed by atoms with van der Waals surface area (Å²) in [6, 6.07) is 34.2. The van der Waals surface area contributed by atoms with Gasteiger partial charge in [0, 0.05) is 12.2 Å². The van der Waals surface area contributed by atoms with Gasteiger partial charge in [0.25, 0.3) is 0 Å². The lowest BCUT2D eigenvalue weighted by molar-refractivity contribution is -0.141. The van der Waals surface area contributed by atoms with Gasteiger partial charge >= 0.3 is 11.9 Å². The van der Waals surface area contributed by atoms with E-state index in [-0.39, 0.29) is 37.6 Å². The first-order valence-corrected chi connectivity index (χ1v) is 18.5. The van der Waals surface area contributed by atoms with Crippen LogP contribution in [0.2, 0.25) is 0 Å². The highest BCUT2D eigenvalue weighted by Crippen LogP contribution is 2.11. The first kappa shape index (κ1) is 36.2. The summed E-state index contributed by atoms with van der Waals surface area (Å²) in [6.45, 7) is -0.576. The molecular formula is C36H38N2O8S2. The summed E-state index contributed by atoms with van der Waals surface area (Å²) in [6.07, 6.45) is 2.28. The Morgan fingerprint density at radius 1 is 0.500 bits per heavy atom. The van der Waals surface area contributed by atoms with Crippen LogP contribution in [0.4, 0.5) is 0 Å². The molecule has 48 heavy (non-hydrogen) atoms. The van der Waals surface area contributed by atoms with Crippen molar-refractivity contribution in [2.75, 3.05) is 13.2 Å². The highest BCUT2D eigenvalue weighted by atomic mass is 32.2. The molecule has 0 aliphatic rings. The van der Waals surface area contributed by atoms with Gasteiger partial charge in [0.15, 0.2) is 0 Å². The minimum Gasteiger partial charge on any atom is -0.461 e. The minimum absolute atomic E-state index is 0.244. The van der Waals surface area contributed by atoms with E-state index in [1.165, 1.54) is 0 Å². The molecule has 12 heteroatoms. The van der Waals surface area contributed by atoms with Gasteiger partial charge in [-0.2, -0.15) is 0 Å². The van der Waals surface area contributed by atoms with Gasteiger partial charge in [0.2, 0.25) is 20.0 Å². The summed E-state index contributed by atoms with van der Waals surface area (Å²) in [4.78, 5) is 25.0. The molecule has 252 valence electrons. The van der Waals surface area contributed by atoms with Crippen molar-refractivity contribution in [3.63, 3.8) is 0 Å². The predicted molar refractivity (Wildman–Crippen MR) is 183 cm³/mol. The SMILES string of the molecule is O=C(/C=C/C(=O)OC[C@H](Cc1ccccc1)NS(=O)(=O)Cc1ccccc1)OC[C@H](Cc1ccccc1)NS(=O)(=O)Cc1ccccc1. The number of carbonyl (C=O) groups is 2. The topological polar surface area (TPSA) is 145 Å². The Balaban J connectivity index is 1.33. The Kier molecular flexibility index (Phi) is 13.6. The lowest BCUT2D eigenvalue weighted by Crippen LogP contribution is -2.41. The molecule has 0 aromatic heterocycles. The predicted octanol–water partition coefficient (Wildman–Crippen LogP) is 4.09. The first-order chi connectivity index (χ1) is 23.1. The van der Waals surface area contributed by atoms with E-state index in [2.05, 4.69) is 9.44 Å². The molecule has 0 amide bonds. The summed E-state index contributed by atoms with van der Waals surface area (Å²) in [5.41, 5.74) is 2.89. The summed E-state index contributed by atoms with van der Waals surface area (Å²) >= 11 is 0. The summed E-state index contributed by atoms with van der Waals surface area (Å²) < 4.78 is 67.5. The molecule has 10 nitrogen and oxygen atoms in total. The van der Waals surface area contributed by atoms with Crippen molar-refractivity contribution in [2.45, 2.75) is 36.4 Å². The highest BCUT2D eigenvalue weighted by molar-refractivity contribution is 7.89. The number of benzene rings is 4. The summed E-state index contributed by atoms with van der Waals surface area (Å²) in [5.74, 6) is -2.24. The number of hydrogen-bond acceptors (Lipinski definition) is 8.